The molecule has 0 radical (unpaired) electrons. The molecule has 106 valence electrons. The van der Waals surface area contributed by atoms with Gasteiger partial charge in [0, 0.05) is 13.1 Å². The van der Waals surface area contributed by atoms with Gasteiger partial charge in [-0.25, -0.2) is 0 Å². The Labute approximate surface area is 111 Å². The van der Waals surface area contributed by atoms with E-state index in [0.29, 0.717) is 19.0 Å². The first-order chi connectivity index (χ1) is 8.47. The molecule has 1 fully saturated rings. The van der Waals surface area contributed by atoms with Gasteiger partial charge < -0.3 is 15.7 Å². The average Bonchev–Trinajstić information content (AvgIpc) is 2.32. The first-order valence-corrected chi connectivity index (χ1v) is 7.20. The number of carbonyl (C=O) groups is 1. The molecule has 3 atom stereocenters. The highest BCUT2D eigenvalue weighted by Crippen LogP contribution is 2.31. The Hall–Kier alpha value is -0.610. The molecule has 0 bridgehead atoms. The fourth-order valence-electron chi connectivity index (χ4n) is 2.63. The minimum Gasteiger partial charge on any atom is -0.389 e. The van der Waals surface area contributed by atoms with Crippen LogP contribution >= 0.6 is 0 Å². The van der Waals surface area contributed by atoms with Gasteiger partial charge >= 0.3 is 0 Å². The molecular weight excluding hydrogens is 228 g/mol. The van der Waals surface area contributed by atoms with Crippen LogP contribution in [-0.4, -0.2) is 35.7 Å². The van der Waals surface area contributed by atoms with Gasteiger partial charge in [-0.05, 0) is 32.1 Å². The number of rotatable bonds is 6. The average molecular weight is 256 g/mol. The van der Waals surface area contributed by atoms with Crippen LogP contribution in [0.1, 0.15) is 52.9 Å². The van der Waals surface area contributed by atoms with E-state index in [1.807, 2.05) is 13.8 Å². The van der Waals surface area contributed by atoms with Gasteiger partial charge in [0.1, 0.15) is 0 Å². The molecule has 0 heterocycles. The van der Waals surface area contributed by atoms with Crippen molar-refractivity contribution in [1.29, 1.82) is 0 Å². The third-order valence-corrected chi connectivity index (χ3v) is 3.75. The number of hydrogen-bond acceptors (Lipinski definition) is 3. The molecule has 1 aliphatic rings. The molecular formula is C14H28N2O2. The first kappa shape index (κ1) is 15.4. The van der Waals surface area contributed by atoms with Gasteiger partial charge in [-0.1, -0.05) is 26.7 Å². The third kappa shape index (κ3) is 4.94. The maximum Gasteiger partial charge on any atom is 0.236 e. The number of amides is 1. The van der Waals surface area contributed by atoms with Gasteiger partial charge in [0.2, 0.25) is 5.91 Å². The van der Waals surface area contributed by atoms with Crippen LogP contribution in [0, 0.1) is 5.92 Å². The standard InChI is InChI=1S/C14H28N2O2/c1-4-8-15-13(17)12(3)16-10-14(18)7-5-6-11(2)9-14/h11-12,16,18H,4-10H2,1-3H3,(H,15,17). The predicted molar refractivity (Wildman–Crippen MR) is 73.3 cm³/mol. The Morgan fingerprint density at radius 3 is 2.89 bits per heavy atom. The molecule has 3 unspecified atom stereocenters. The van der Waals surface area contributed by atoms with Crippen molar-refractivity contribution < 1.29 is 9.90 Å². The molecule has 4 heteroatoms. The summed E-state index contributed by atoms with van der Waals surface area (Å²) in [6.45, 7) is 7.29. The van der Waals surface area contributed by atoms with E-state index in [0.717, 1.165) is 25.7 Å². The SMILES string of the molecule is CCCNC(=O)C(C)NCC1(O)CCCC(C)C1. The van der Waals surface area contributed by atoms with Crippen LogP contribution in [0.4, 0.5) is 0 Å². The molecule has 3 N–H and O–H groups in total. The number of aliphatic hydroxyl groups is 1. The van der Waals surface area contributed by atoms with Crippen molar-refractivity contribution in [3.8, 4) is 0 Å². The fourth-order valence-corrected chi connectivity index (χ4v) is 2.63. The highest BCUT2D eigenvalue weighted by atomic mass is 16.3. The second-order valence-electron chi connectivity index (χ2n) is 5.82. The van der Waals surface area contributed by atoms with Crippen LogP contribution in [0.15, 0.2) is 0 Å². The maximum absolute atomic E-state index is 11.7. The summed E-state index contributed by atoms with van der Waals surface area (Å²) in [7, 11) is 0. The highest BCUT2D eigenvalue weighted by molar-refractivity contribution is 5.81. The molecule has 0 spiro atoms. The van der Waals surface area contributed by atoms with E-state index in [1.165, 1.54) is 6.42 Å². The minimum atomic E-state index is -0.628. The second kappa shape index (κ2) is 7.10. The number of nitrogens with one attached hydrogen (secondary N) is 2. The lowest BCUT2D eigenvalue weighted by molar-refractivity contribution is -0.123. The Bertz CT molecular complexity index is 271. The summed E-state index contributed by atoms with van der Waals surface area (Å²) in [5, 5.41) is 16.5. The van der Waals surface area contributed by atoms with Crippen molar-refractivity contribution >= 4 is 5.91 Å². The Morgan fingerprint density at radius 1 is 1.56 bits per heavy atom. The summed E-state index contributed by atoms with van der Waals surface area (Å²) in [5.41, 5.74) is -0.628. The molecule has 1 rings (SSSR count). The molecule has 1 amide bonds. The maximum atomic E-state index is 11.7. The topological polar surface area (TPSA) is 61.4 Å². The van der Waals surface area contributed by atoms with E-state index in [4.69, 9.17) is 0 Å². The molecule has 0 aromatic rings. The van der Waals surface area contributed by atoms with Crippen molar-refractivity contribution in [3.63, 3.8) is 0 Å². The third-order valence-electron chi connectivity index (χ3n) is 3.75. The van der Waals surface area contributed by atoms with Crippen molar-refractivity contribution in [1.82, 2.24) is 10.6 Å². The normalized spacial score (nSPS) is 29.9. The van der Waals surface area contributed by atoms with Crippen LogP contribution in [0.2, 0.25) is 0 Å². The summed E-state index contributed by atoms with van der Waals surface area (Å²) in [5.74, 6) is 0.596. The highest BCUT2D eigenvalue weighted by Gasteiger charge is 2.32. The van der Waals surface area contributed by atoms with Crippen LogP contribution in [0.5, 0.6) is 0 Å². The zero-order valence-electron chi connectivity index (χ0n) is 12.0. The van der Waals surface area contributed by atoms with Crippen molar-refractivity contribution in [2.24, 2.45) is 5.92 Å². The van der Waals surface area contributed by atoms with Crippen LogP contribution in [0.3, 0.4) is 0 Å². The van der Waals surface area contributed by atoms with Gasteiger partial charge in [0.15, 0.2) is 0 Å². The van der Waals surface area contributed by atoms with Crippen molar-refractivity contribution in [2.75, 3.05) is 13.1 Å². The lowest BCUT2D eigenvalue weighted by Gasteiger charge is -2.36. The lowest BCUT2D eigenvalue weighted by atomic mass is 9.79. The summed E-state index contributed by atoms with van der Waals surface area (Å²) in [6, 6.07) is -0.238. The second-order valence-corrected chi connectivity index (χ2v) is 5.82. The van der Waals surface area contributed by atoms with Gasteiger partial charge in [-0.3, -0.25) is 4.79 Å². The smallest absolute Gasteiger partial charge is 0.236 e. The molecule has 0 saturated heterocycles. The zero-order valence-corrected chi connectivity index (χ0v) is 12.0. The molecule has 0 aliphatic heterocycles. The summed E-state index contributed by atoms with van der Waals surface area (Å²) < 4.78 is 0. The quantitative estimate of drug-likeness (QED) is 0.674. The Morgan fingerprint density at radius 2 is 2.28 bits per heavy atom. The molecule has 0 aromatic heterocycles. The molecule has 1 aliphatic carbocycles. The van der Waals surface area contributed by atoms with E-state index in [9.17, 15) is 9.90 Å². The Kier molecular flexibility index (Phi) is 6.09. The van der Waals surface area contributed by atoms with E-state index >= 15 is 0 Å². The summed E-state index contributed by atoms with van der Waals surface area (Å²) >= 11 is 0. The summed E-state index contributed by atoms with van der Waals surface area (Å²) in [4.78, 5) is 11.7. The number of hydrogen-bond donors (Lipinski definition) is 3. The van der Waals surface area contributed by atoms with Crippen LogP contribution < -0.4 is 10.6 Å². The van der Waals surface area contributed by atoms with Gasteiger partial charge in [0.05, 0.1) is 11.6 Å². The first-order valence-electron chi connectivity index (χ1n) is 7.20. The monoisotopic (exact) mass is 256 g/mol. The van der Waals surface area contributed by atoms with E-state index in [2.05, 4.69) is 17.6 Å². The molecule has 1 saturated carbocycles. The van der Waals surface area contributed by atoms with E-state index < -0.39 is 5.60 Å². The zero-order chi connectivity index (χ0) is 13.6. The van der Waals surface area contributed by atoms with Crippen LogP contribution in [0.25, 0.3) is 0 Å². The van der Waals surface area contributed by atoms with Crippen molar-refractivity contribution in [2.45, 2.75) is 64.5 Å². The summed E-state index contributed by atoms with van der Waals surface area (Å²) in [6.07, 6.45) is 4.90. The Balaban J connectivity index is 2.32. The number of carbonyl (C=O) groups excluding carboxylic acids is 1. The fraction of sp³-hybridized carbons (Fsp3) is 0.929. The largest absolute Gasteiger partial charge is 0.389 e. The molecule has 0 aromatic carbocycles. The van der Waals surface area contributed by atoms with Gasteiger partial charge in [-0.2, -0.15) is 0 Å². The lowest BCUT2D eigenvalue weighted by Crippen LogP contribution is -2.50. The van der Waals surface area contributed by atoms with Gasteiger partial charge in [0.25, 0.3) is 0 Å². The van der Waals surface area contributed by atoms with Gasteiger partial charge in [-0.15, -0.1) is 0 Å². The van der Waals surface area contributed by atoms with E-state index in [1.54, 1.807) is 0 Å². The van der Waals surface area contributed by atoms with Crippen molar-refractivity contribution in [3.05, 3.63) is 0 Å². The molecule has 4 nitrogen and oxygen atoms in total. The minimum absolute atomic E-state index is 0.0179. The predicted octanol–water partition coefficient (Wildman–Crippen LogP) is 1.43. The van der Waals surface area contributed by atoms with E-state index in [-0.39, 0.29) is 11.9 Å². The van der Waals surface area contributed by atoms with Crippen LogP contribution in [-0.2, 0) is 4.79 Å². The molecule has 18 heavy (non-hydrogen) atoms.